The molecule has 1 heterocycles. The maximum absolute atomic E-state index is 10.5. The Hall–Kier alpha value is 0.460. The molecule has 0 saturated carbocycles. The Kier molecular flexibility index (Phi) is 16.4. The van der Waals surface area contributed by atoms with Crippen LogP contribution in [-0.4, -0.2) is 40.1 Å². The first kappa shape index (κ1) is 22.7. The molecular formula is C14H34NO3PS. The van der Waals surface area contributed by atoms with Gasteiger partial charge in [0, 0.05) is 12.3 Å². The van der Waals surface area contributed by atoms with Crippen LogP contribution < -0.4 is 0 Å². The summed E-state index contributed by atoms with van der Waals surface area (Å²) in [6, 6.07) is 0. The molecule has 1 fully saturated rings. The lowest BCUT2D eigenvalue weighted by molar-refractivity contribution is 0.242. The highest BCUT2D eigenvalue weighted by Gasteiger charge is 2.15. The molecule has 0 aromatic rings. The Bertz CT molecular complexity index is 238. The first-order valence-electron chi connectivity index (χ1n) is 7.65. The summed E-state index contributed by atoms with van der Waals surface area (Å²) in [6.45, 7) is 9.88. The molecule has 0 unspecified atom stereocenters. The molecule has 0 amide bonds. The molecule has 1 rings (SSSR count). The normalized spacial score (nSPS) is 16.0. The lowest BCUT2D eigenvalue weighted by atomic mass is 10.1. The first-order valence-corrected chi connectivity index (χ1v) is 10.9. The van der Waals surface area contributed by atoms with Crippen molar-refractivity contribution in [1.29, 1.82) is 0 Å². The second-order valence-electron chi connectivity index (χ2n) is 5.67. The van der Waals surface area contributed by atoms with E-state index in [0.717, 1.165) is 36.9 Å². The Balaban J connectivity index is 0. The molecule has 4 nitrogen and oxygen atoms in total. The van der Waals surface area contributed by atoms with Gasteiger partial charge in [-0.3, -0.25) is 0 Å². The maximum atomic E-state index is 10.5. The van der Waals surface area contributed by atoms with Gasteiger partial charge in [0.25, 0.3) is 0 Å². The van der Waals surface area contributed by atoms with E-state index in [-0.39, 0.29) is 0 Å². The third-order valence-electron chi connectivity index (χ3n) is 2.12. The number of rotatable bonds is 4. The highest BCUT2D eigenvalue weighted by Crippen LogP contribution is 2.49. The quantitative estimate of drug-likeness (QED) is 0.751. The van der Waals surface area contributed by atoms with Crippen LogP contribution >= 0.6 is 18.2 Å². The van der Waals surface area contributed by atoms with E-state index >= 15 is 0 Å². The van der Waals surface area contributed by atoms with Crippen molar-refractivity contribution in [3.63, 3.8) is 0 Å². The van der Waals surface area contributed by atoms with E-state index in [0.29, 0.717) is 5.75 Å². The van der Waals surface area contributed by atoms with Crippen LogP contribution in [0.5, 0.6) is 0 Å². The summed E-state index contributed by atoms with van der Waals surface area (Å²) in [4.78, 5) is 19.5. The number of hydrogen-bond donors (Lipinski definition) is 2. The second kappa shape index (κ2) is 14.4. The standard InChI is InChI=1S/C7H16NO3PS.C4H10.C3H8/c9-12(10,11)13-7-6-8-4-2-1-3-5-8;1-4(2)3;1-3-2/h1-7H2,(H2,9,10,11);4H,1-3H3;3H2,1-2H3. The zero-order valence-electron chi connectivity index (χ0n) is 13.8. The van der Waals surface area contributed by atoms with Gasteiger partial charge >= 0.3 is 6.80 Å². The topological polar surface area (TPSA) is 60.8 Å². The van der Waals surface area contributed by atoms with Crippen LogP contribution in [0.2, 0.25) is 0 Å². The molecule has 1 aliphatic rings. The van der Waals surface area contributed by atoms with Crippen molar-refractivity contribution in [2.45, 2.75) is 60.3 Å². The van der Waals surface area contributed by atoms with E-state index in [9.17, 15) is 4.57 Å². The first-order chi connectivity index (χ1) is 9.22. The monoisotopic (exact) mass is 327 g/mol. The highest BCUT2D eigenvalue weighted by molar-refractivity contribution is 8.54. The molecule has 1 aliphatic heterocycles. The molecule has 1 saturated heterocycles. The van der Waals surface area contributed by atoms with Crippen molar-refractivity contribution < 1.29 is 14.4 Å². The summed E-state index contributed by atoms with van der Waals surface area (Å²) in [5.74, 6) is 1.37. The number of likely N-dealkylation sites (tertiary alicyclic amines) is 1. The minimum Gasteiger partial charge on any atom is -0.317 e. The second-order valence-corrected chi connectivity index (χ2v) is 9.51. The van der Waals surface area contributed by atoms with Gasteiger partial charge in [-0.25, -0.2) is 4.57 Å². The van der Waals surface area contributed by atoms with Gasteiger partial charge in [-0.2, -0.15) is 0 Å². The Morgan fingerprint density at radius 2 is 1.50 bits per heavy atom. The molecule has 20 heavy (non-hydrogen) atoms. The summed E-state index contributed by atoms with van der Waals surface area (Å²) in [6.07, 6.45) is 4.99. The van der Waals surface area contributed by atoms with Crippen LogP contribution in [0.1, 0.15) is 60.3 Å². The summed E-state index contributed by atoms with van der Waals surface area (Å²) in [5.41, 5.74) is 0. The highest BCUT2D eigenvalue weighted by atomic mass is 32.7. The van der Waals surface area contributed by atoms with Crippen LogP contribution in [0.15, 0.2) is 0 Å². The molecule has 6 heteroatoms. The zero-order chi connectivity index (χ0) is 16.0. The van der Waals surface area contributed by atoms with E-state index in [1.165, 1.54) is 25.7 Å². The Morgan fingerprint density at radius 3 is 1.85 bits per heavy atom. The minimum atomic E-state index is -3.84. The molecule has 124 valence electrons. The van der Waals surface area contributed by atoms with E-state index in [1.54, 1.807) is 0 Å². The summed E-state index contributed by atoms with van der Waals surface area (Å²) >= 11 is 0.752. The van der Waals surface area contributed by atoms with Crippen molar-refractivity contribution in [3.8, 4) is 0 Å². The Labute approximate surface area is 129 Å². The van der Waals surface area contributed by atoms with E-state index in [2.05, 4.69) is 39.5 Å². The summed E-state index contributed by atoms with van der Waals surface area (Å²) in [5, 5.41) is 0. The van der Waals surface area contributed by atoms with Gasteiger partial charge in [0.2, 0.25) is 0 Å². The maximum Gasteiger partial charge on any atom is 0.384 e. The lowest BCUT2D eigenvalue weighted by Gasteiger charge is -2.25. The van der Waals surface area contributed by atoms with Gasteiger partial charge < -0.3 is 14.7 Å². The smallest absolute Gasteiger partial charge is 0.317 e. The molecular weight excluding hydrogens is 293 g/mol. The molecule has 0 aromatic carbocycles. The fourth-order valence-electron chi connectivity index (χ4n) is 1.47. The predicted octanol–water partition coefficient (Wildman–Crippen LogP) is 4.38. The van der Waals surface area contributed by atoms with Gasteiger partial charge in [0.1, 0.15) is 0 Å². The fraction of sp³-hybridized carbons (Fsp3) is 1.00. The third kappa shape index (κ3) is 23.5. The number of nitrogens with zero attached hydrogens (tertiary/aromatic N) is 1. The molecule has 0 radical (unpaired) electrons. The molecule has 0 spiro atoms. The van der Waals surface area contributed by atoms with Gasteiger partial charge in [-0.1, -0.05) is 47.5 Å². The van der Waals surface area contributed by atoms with Crippen molar-refractivity contribution in [2.24, 2.45) is 5.92 Å². The largest absolute Gasteiger partial charge is 0.384 e. The number of hydrogen-bond acceptors (Lipinski definition) is 3. The zero-order valence-corrected chi connectivity index (χ0v) is 15.6. The fourth-order valence-corrected chi connectivity index (χ4v) is 3.01. The van der Waals surface area contributed by atoms with Gasteiger partial charge in [-0.05, 0) is 43.2 Å². The van der Waals surface area contributed by atoms with Crippen molar-refractivity contribution >= 4 is 18.2 Å². The molecule has 0 aromatic heterocycles. The summed E-state index contributed by atoms with van der Waals surface area (Å²) in [7, 11) is 0. The van der Waals surface area contributed by atoms with Crippen LogP contribution in [0.4, 0.5) is 0 Å². The summed E-state index contributed by atoms with van der Waals surface area (Å²) < 4.78 is 10.5. The van der Waals surface area contributed by atoms with E-state index < -0.39 is 6.80 Å². The Morgan fingerprint density at radius 1 is 1.10 bits per heavy atom. The average Bonchev–Trinajstić information content (AvgIpc) is 2.29. The molecule has 0 bridgehead atoms. The minimum absolute atomic E-state index is 0.532. The molecule has 0 atom stereocenters. The van der Waals surface area contributed by atoms with Crippen molar-refractivity contribution in [2.75, 3.05) is 25.4 Å². The lowest BCUT2D eigenvalue weighted by Crippen LogP contribution is -2.31. The van der Waals surface area contributed by atoms with Crippen LogP contribution in [0, 0.1) is 5.92 Å². The van der Waals surface area contributed by atoms with E-state index in [1.807, 2.05) is 0 Å². The predicted molar refractivity (Wildman–Crippen MR) is 91.3 cm³/mol. The van der Waals surface area contributed by atoms with Gasteiger partial charge in [0.15, 0.2) is 0 Å². The molecule has 0 aliphatic carbocycles. The van der Waals surface area contributed by atoms with Crippen LogP contribution in [-0.2, 0) is 4.57 Å². The van der Waals surface area contributed by atoms with Crippen molar-refractivity contribution in [3.05, 3.63) is 0 Å². The van der Waals surface area contributed by atoms with Crippen molar-refractivity contribution in [1.82, 2.24) is 4.90 Å². The van der Waals surface area contributed by atoms with Crippen LogP contribution in [0.25, 0.3) is 0 Å². The average molecular weight is 327 g/mol. The number of piperidine rings is 1. The van der Waals surface area contributed by atoms with Gasteiger partial charge in [0.05, 0.1) is 0 Å². The van der Waals surface area contributed by atoms with Gasteiger partial charge in [-0.15, -0.1) is 0 Å². The van der Waals surface area contributed by atoms with Crippen LogP contribution in [0.3, 0.4) is 0 Å². The SMILES string of the molecule is CC(C)C.CCC.O=P(O)(O)SCCN1CCCCC1. The van der Waals surface area contributed by atoms with E-state index in [4.69, 9.17) is 9.79 Å². The third-order valence-corrected chi connectivity index (χ3v) is 4.37. The molecule has 2 N–H and O–H groups in total.